The zero-order chi connectivity index (χ0) is 23.9. The van der Waals surface area contributed by atoms with Crippen LogP contribution in [0.15, 0.2) is 24.3 Å². The Kier molecular flexibility index (Phi) is 6.31. The third-order valence-electron chi connectivity index (χ3n) is 8.37. The van der Waals surface area contributed by atoms with E-state index >= 15 is 0 Å². The van der Waals surface area contributed by atoms with Crippen molar-refractivity contribution in [2.75, 3.05) is 26.3 Å². The van der Waals surface area contributed by atoms with Gasteiger partial charge in [0.25, 0.3) is 0 Å². The van der Waals surface area contributed by atoms with Gasteiger partial charge in [-0.15, -0.1) is 0 Å². The molecule has 8 heteroatoms. The highest BCUT2D eigenvalue weighted by Crippen LogP contribution is 2.57. The number of amides is 2. The lowest BCUT2D eigenvalue weighted by atomic mass is 9.74. The number of ether oxygens (including phenoxy) is 2. The molecule has 5 atom stereocenters. The first-order chi connectivity index (χ1) is 16.4. The van der Waals surface area contributed by atoms with Crippen molar-refractivity contribution in [3.63, 3.8) is 0 Å². The fourth-order valence-corrected chi connectivity index (χ4v) is 6.86. The van der Waals surface area contributed by atoms with Gasteiger partial charge in [0.1, 0.15) is 17.6 Å². The molecule has 1 unspecified atom stereocenters. The molecule has 1 spiro atoms. The van der Waals surface area contributed by atoms with Gasteiger partial charge in [-0.25, -0.2) is 0 Å². The molecule has 0 radical (unpaired) electrons. The number of fused-ring (bicyclic) bond motifs is 2. The number of esters is 1. The molecule has 1 saturated carbocycles. The molecule has 2 amide bonds. The second-order valence-electron chi connectivity index (χ2n) is 10.5. The van der Waals surface area contributed by atoms with Gasteiger partial charge in [0, 0.05) is 25.7 Å². The first-order valence-corrected chi connectivity index (χ1v) is 12.9. The second kappa shape index (κ2) is 9.11. The van der Waals surface area contributed by atoms with Gasteiger partial charge >= 0.3 is 5.97 Å². The van der Waals surface area contributed by atoms with Gasteiger partial charge < -0.3 is 24.4 Å². The minimum absolute atomic E-state index is 0.0254. The van der Waals surface area contributed by atoms with Crippen LogP contribution in [0.1, 0.15) is 58.3 Å². The minimum atomic E-state index is -1.22. The number of carbonyl (C=O) groups is 3. The number of cyclic esters (lactones) is 1. The van der Waals surface area contributed by atoms with Crippen LogP contribution in [0.25, 0.3) is 0 Å². The van der Waals surface area contributed by atoms with E-state index in [1.165, 1.54) is 6.42 Å². The highest BCUT2D eigenvalue weighted by atomic mass is 16.6. The average Bonchev–Trinajstić information content (AvgIpc) is 3.13. The molecule has 186 valence electrons. The Labute approximate surface area is 200 Å². The van der Waals surface area contributed by atoms with E-state index in [1.54, 1.807) is 4.90 Å². The van der Waals surface area contributed by atoms with Gasteiger partial charge in [-0.05, 0) is 39.0 Å². The summed E-state index contributed by atoms with van der Waals surface area (Å²) in [5.74, 6) is -2.40. The molecule has 0 aromatic heterocycles. The topological polar surface area (TPSA) is 96.4 Å². The first kappa shape index (κ1) is 23.5. The monoisotopic (exact) mass is 472 g/mol. The fraction of sp³-hybridized carbons (Fsp3) is 0.731. The van der Waals surface area contributed by atoms with Crippen molar-refractivity contribution in [3.8, 4) is 0 Å². The molecule has 5 rings (SSSR count). The van der Waals surface area contributed by atoms with Crippen LogP contribution in [0, 0.1) is 11.8 Å². The predicted octanol–water partition coefficient (Wildman–Crippen LogP) is 1.96. The van der Waals surface area contributed by atoms with E-state index in [0.29, 0.717) is 32.4 Å². The van der Waals surface area contributed by atoms with Gasteiger partial charge in [-0.2, -0.15) is 0 Å². The number of aliphatic hydroxyl groups excluding tert-OH is 1. The van der Waals surface area contributed by atoms with Crippen LogP contribution >= 0.6 is 0 Å². The Morgan fingerprint density at radius 1 is 1.03 bits per heavy atom. The summed E-state index contributed by atoms with van der Waals surface area (Å²) < 4.78 is 12.2. The summed E-state index contributed by atoms with van der Waals surface area (Å²) in [5.41, 5.74) is -2.25. The Balaban J connectivity index is 1.58. The molecule has 8 nitrogen and oxygen atoms in total. The standard InChI is InChI=1S/C26H36N2O6/c1-25-12-5-8-17-33-24(32)20(25)19-22(30)28(14-6-7-16-29)21-23(31)27(18-10-3-2-4-11-18)15-9-13-26(19,21)34-25/h5,9,12-13,18-21,29H,2-4,6-8,10-11,14-17H2,1H3/t19-,20+,21?,25-,26-/m0/s1. The summed E-state index contributed by atoms with van der Waals surface area (Å²) in [6.45, 7) is 2.95. The molecule has 1 N–H and O–H groups in total. The normalized spacial score (nSPS) is 38.2. The van der Waals surface area contributed by atoms with Crippen molar-refractivity contribution in [1.82, 2.24) is 9.80 Å². The molecule has 0 aromatic carbocycles. The van der Waals surface area contributed by atoms with Gasteiger partial charge in [0.05, 0.1) is 18.1 Å². The van der Waals surface area contributed by atoms with Crippen LogP contribution < -0.4 is 0 Å². The highest BCUT2D eigenvalue weighted by Gasteiger charge is 2.74. The predicted molar refractivity (Wildman–Crippen MR) is 123 cm³/mol. The Morgan fingerprint density at radius 2 is 1.82 bits per heavy atom. The van der Waals surface area contributed by atoms with E-state index in [4.69, 9.17) is 9.47 Å². The van der Waals surface area contributed by atoms with Gasteiger partial charge in [0.2, 0.25) is 11.8 Å². The number of rotatable bonds is 5. The number of carbonyl (C=O) groups excluding carboxylic acids is 3. The van der Waals surface area contributed by atoms with Gasteiger partial charge in [-0.1, -0.05) is 43.6 Å². The summed E-state index contributed by atoms with van der Waals surface area (Å²) in [4.78, 5) is 44.9. The molecule has 2 saturated heterocycles. The zero-order valence-corrected chi connectivity index (χ0v) is 20.0. The van der Waals surface area contributed by atoms with Crippen LogP contribution in [0.2, 0.25) is 0 Å². The molecule has 0 aromatic rings. The number of nitrogens with zero attached hydrogens (tertiary/aromatic N) is 2. The van der Waals surface area contributed by atoms with Crippen LogP contribution in [0.5, 0.6) is 0 Å². The summed E-state index contributed by atoms with van der Waals surface area (Å²) in [6, 6.07) is -0.666. The maximum atomic E-state index is 14.2. The lowest BCUT2D eigenvalue weighted by Crippen LogP contribution is -2.57. The molecule has 4 aliphatic heterocycles. The molecular formula is C26H36N2O6. The van der Waals surface area contributed by atoms with Crippen molar-refractivity contribution in [2.45, 2.75) is 81.6 Å². The molecule has 4 heterocycles. The summed E-state index contributed by atoms with van der Waals surface area (Å²) in [6.07, 6.45) is 14.7. The Morgan fingerprint density at radius 3 is 2.59 bits per heavy atom. The molecule has 34 heavy (non-hydrogen) atoms. The minimum Gasteiger partial charge on any atom is -0.465 e. The SMILES string of the molecule is C[C@]12C=CCCOC(=O)[C@H]1[C@H]1C(=O)N(CCCCO)C3C(=O)N(C4CCCCC4)CC=C[C@@]31O2. The maximum Gasteiger partial charge on any atom is 0.313 e. The molecule has 3 fully saturated rings. The molecule has 5 aliphatic rings. The van der Waals surface area contributed by atoms with E-state index in [1.807, 2.05) is 36.1 Å². The third kappa shape index (κ3) is 3.61. The van der Waals surface area contributed by atoms with Crippen molar-refractivity contribution >= 4 is 17.8 Å². The number of likely N-dealkylation sites (tertiary alicyclic amines) is 1. The fourth-order valence-electron chi connectivity index (χ4n) is 6.86. The van der Waals surface area contributed by atoms with E-state index in [2.05, 4.69) is 0 Å². The van der Waals surface area contributed by atoms with Crippen LogP contribution in [0.3, 0.4) is 0 Å². The highest BCUT2D eigenvalue weighted by molar-refractivity contribution is 5.99. The number of unbranched alkanes of at least 4 members (excludes halogenated alkanes) is 1. The maximum absolute atomic E-state index is 14.2. The van der Waals surface area contributed by atoms with E-state index in [9.17, 15) is 19.5 Å². The third-order valence-corrected chi connectivity index (χ3v) is 8.37. The Bertz CT molecular complexity index is 896. The lowest BCUT2D eigenvalue weighted by molar-refractivity contribution is -0.160. The number of hydrogen-bond acceptors (Lipinski definition) is 6. The smallest absolute Gasteiger partial charge is 0.313 e. The summed E-state index contributed by atoms with van der Waals surface area (Å²) in [7, 11) is 0. The van der Waals surface area contributed by atoms with Crippen molar-refractivity contribution in [1.29, 1.82) is 0 Å². The molecule has 1 aliphatic carbocycles. The molecule has 0 bridgehead atoms. The summed E-state index contributed by atoms with van der Waals surface area (Å²) in [5, 5.41) is 9.31. The average molecular weight is 473 g/mol. The number of hydrogen-bond donors (Lipinski definition) is 1. The van der Waals surface area contributed by atoms with E-state index < -0.39 is 35.0 Å². The van der Waals surface area contributed by atoms with E-state index in [-0.39, 0.29) is 31.1 Å². The van der Waals surface area contributed by atoms with Crippen LogP contribution in [0.4, 0.5) is 0 Å². The Hall–Kier alpha value is -2.19. The zero-order valence-electron chi connectivity index (χ0n) is 20.0. The van der Waals surface area contributed by atoms with Crippen LogP contribution in [-0.4, -0.2) is 82.3 Å². The van der Waals surface area contributed by atoms with Crippen molar-refractivity contribution in [2.24, 2.45) is 11.8 Å². The quantitative estimate of drug-likeness (QED) is 0.373. The van der Waals surface area contributed by atoms with Crippen LogP contribution in [-0.2, 0) is 23.9 Å². The summed E-state index contributed by atoms with van der Waals surface area (Å²) >= 11 is 0. The first-order valence-electron chi connectivity index (χ1n) is 12.9. The molecular weight excluding hydrogens is 436 g/mol. The second-order valence-corrected chi connectivity index (χ2v) is 10.5. The van der Waals surface area contributed by atoms with Gasteiger partial charge in [-0.3, -0.25) is 14.4 Å². The van der Waals surface area contributed by atoms with Gasteiger partial charge in [0.15, 0.2) is 0 Å². The lowest BCUT2D eigenvalue weighted by Gasteiger charge is -2.40. The number of aliphatic hydroxyl groups is 1. The van der Waals surface area contributed by atoms with E-state index in [0.717, 1.165) is 25.7 Å². The van der Waals surface area contributed by atoms with Crippen molar-refractivity contribution in [3.05, 3.63) is 24.3 Å². The van der Waals surface area contributed by atoms with Crippen molar-refractivity contribution < 1.29 is 29.0 Å². The largest absolute Gasteiger partial charge is 0.465 e.